The van der Waals surface area contributed by atoms with Gasteiger partial charge in [-0.05, 0) is 57.0 Å². The van der Waals surface area contributed by atoms with E-state index in [1.54, 1.807) is 25.7 Å². The lowest BCUT2D eigenvalue weighted by molar-refractivity contribution is 0.408. The van der Waals surface area contributed by atoms with Crippen LogP contribution in [0.5, 0.6) is 0 Å². The molecule has 0 fully saturated rings. The summed E-state index contributed by atoms with van der Waals surface area (Å²) < 4.78 is 17.5. The lowest BCUT2D eigenvalue weighted by Gasteiger charge is -2.20. The van der Waals surface area contributed by atoms with Gasteiger partial charge in [-0.3, -0.25) is 4.98 Å². The summed E-state index contributed by atoms with van der Waals surface area (Å²) in [5, 5.41) is 4.99. The highest BCUT2D eigenvalue weighted by atomic mass is 31.2. The molecule has 3 rings (SSSR count). The van der Waals surface area contributed by atoms with Crippen molar-refractivity contribution in [3.63, 3.8) is 0 Å². The van der Waals surface area contributed by atoms with Gasteiger partial charge in [-0.25, -0.2) is 0 Å². The first kappa shape index (κ1) is 16.6. The minimum Gasteiger partial charge on any atom is -0.334 e. The van der Waals surface area contributed by atoms with E-state index in [9.17, 15) is 4.57 Å². The van der Waals surface area contributed by atoms with Gasteiger partial charge in [-0.15, -0.1) is 0 Å². The van der Waals surface area contributed by atoms with E-state index in [-0.39, 0.29) is 5.41 Å². The molecule has 0 atom stereocenters. The van der Waals surface area contributed by atoms with Crippen molar-refractivity contribution in [2.75, 3.05) is 13.3 Å². The molecule has 2 aromatic heterocycles. The van der Waals surface area contributed by atoms with Gasteiger partial charge < -0.3 is 9.09 Å². The molecule has 124 valence electrons. The molecular weight excluding hydrogens is 321 g/mol. The molecule has 0 aliphatic heterocycles. The van der Waals surface area contributed by atoms with Crippen LogP contribution < -0.4 is 5.30 Å². The molecular formula is C18H20N3O2P. The van der Waals surface area contributed by atoms with Gasteiger partial charge in [0.05, 0.1) is 5.41 Å². The van der Waals surface area contributed by atoms with Crippen LogP contribution in [0.2, 0.25) is 0 Å². The number of benzene rings is 1. The Labute approximate surface area is 141 Å². The fraction of sp³-hybridized carbons (Fsp3) is 0.278. The molecule has 5 nitrogen and oxygen atoms in total. The average molecular weight is 341 g/mol. The van der Waals surface area contributed by atoms with E-state index in [1.165, 1.54) is 0 Å². The monoisotopic (exact) mass is 341 g/mol. The van der Waals surface area contributed by atoms with E-state index in [0.29, 0.717) is 11.7 Å². The van der Waals surface area contributed by atoms with Crippen LogP contribution in [-0.2, 0) is 9.98 Å². The fourth-order valence-electron chi connectivity index (χ4n) is 2.46. The SMILES string of the molecule is CC(C)(c1ccncc1)c1noc(-c2ccc(P(C)(C)=O)cc2)n1. The van der Waals surface area contributed by atoms with E-state index in [4.69, 9.17) is 4.52 Å². The topological polar surface area (TPSA) is 68.9 Å². The van der Waals surface area contributed by atoms with Crippen molar-refractivity contribution in [1.29, 1.82) is 0 Å². The summed E-state index contributed by atoms with van der Waals surface area (Å²) >= 11 is 0. The quantitative estimate of drug-likeness (QED) is 0.677. The third kappa shape index (κ3) is 3.17. The van der Waals surface area contributed by atoms with Gasteiger partial charge in [0.1, 0.15) is 7.14 Å². The third-order valence-corrected chi connectivity index (χ3v) is 5.66. The minimum absolute atomic E-state index is 0.382. The zero-order valence-electron chi connectivity index (χ0n) is 14.2. The first-order chi connectivity index (χ1) is 11.3. The van der Waals surface area contributed by atoms with Crippen molar-refractivity contribution in [3.8, 4) is 11.5 Å². The van der Waals surface area contributed by atoms with Crippen molar-refractivity contribution in [1.82, 2.24) is 15.1 Å². The Morgan fingerprint density at radius 2 is 1.62 bits per heavy atom. The predicted octanol–water partition coefficient (Wildman–Crippen LogP) is 3.71. The molecule has 6 heteroatoms. The summed E-state index contributed by atoms with van der Waals surface area (Å²) in [5.74, 6) is 1.07. The van der Waals surface area contributed by atoms with Crippen molar-refractivity contribution in [3.05, 3.63) is 60.2 Å². The standard InChI is InChI=1S/C18H20N3O2P/c1-18(2,14-9-11-19-12-10-14)17-20-16(23-21-17)13-5-7-15(8-6-13)24(3,4)22/h5-12H,1-4H3. The number of rotatable bonds is 4. The van der Waals surface area contributed by atoms with E-state index >= 15 is 0 Å². The van der Waals surface area contributed by atoms with Gasteiger partial charge in [0, 0.05) is 23.3 Å². The molecule has 2 heterocycles. The molecule has 0 saturated heterocycles. The van der Waals surface area contributed by atoms with Gasteiger partial charge in [0.15, 0.2) is 5.82 Å². The molecule has 3 aromatic rings. The molecule has 0 amide bonds. The van der Waals surface area contributed by atoms with Crippen molar-refractivity contribution in [2.45, 2.75) is 19.3 Å². The van der Waals surface area contributed by atoms with Crippen LogP contribution in [0.15, 0.2) is 53.3 Å². The Balaban J connectivity index is 1.92. The second kappa shape index (κ2) is 5.99. The van der Waals surface area contributed by atoms with Crippen molar-refractivity contribution in [2.24, 2.45) is 0 Å². The highest BCUT2D eigenvalue weighted by Gasteiger charge is 2.29. The maximum absolute atomic E-state index is 12.1. The van der Waals surface area contributed by atoms with Crippen LogP contribution in [0.4, 0.5) is 0 Å². The minimum atomic E-state index is -2.26. The summed E-state index contributed by atoms with van der Waals surface area (Å²) in [7, 11) is -2.26. The highest BCUT2D eigenvalue weighted by molar-refractivity contribution is 7.70. The lowest BCUT2D eigenvalue weighted by atomic mass is 9.84. The van der Waals surface area contributed by atoms with Crippen LogP contribution in [-0.4, -0.2) is 28.5 Å². The summed E-state index contributed by atoms with van der Waals surface area (Å²) in [6.45, 7) is 7.60. The number of hydrogen-bond acceptors (Lipinski definition) is 5. The number of hydrogen-bond donors (Lipinski definition) is 0. The van der Waals surface area contributed by atoms with E-state index in [1.807, 2.05) is 50.2 Å². The Bertz CT molecular complexity index is 880. The van der Waals surface area contributed by atoms with Gasteiger partial charge in [-0.1, -0.05) is 17.3 Å². The molecule has 0 radical (unpaired) electrons. The maximum Gasteiger partial charge on any atom is 0.257 e. The first-order valence-corrected chi connectivity index (χ1v) is 10.3. The normalized spacial score (nSPS) is 12.3. The predicted molar refractivity (Wildman–Crippen MR) is 95.2 cm³/mol. The summed E-state index contributed by atoms with van der Waals surface area (Å²) in [5.41, 5.74) is 1.50. The van der Waals surface area contributed by atoms with E-state index in [2.05, 4.69) is 15.1 Å². The second-order valence-corrected chi connectivity index (χ2v) is 9.90. The molecule has 0 aliphatic rings. The van der Waals surface area contributed by atoms with Crippen molar-refractivity contribution >= 4 is 12.4 Å². The lowest BCUT2D eigenvalue weighted by Crippen LogP contribution is -2.20. The molecule has 0 aliphatic carbocycles. The van der Waals surface area contributed by atoms with Gasteiger partial charge in [0.25, 0.3) is 5.89 Å². The molecule has 0 saturated carbocycles. The number of nitrogens with zero attached hydrogens (tertiary/aromatic N) is 3. The Hall–Kier alpha value is -2.26. The molecule has 0 bridgehead atoms. The van der Waals surface area contributed by atoms with Gasteiger partial charge in [-0.2, -0.15) is 4.98 Å². The van der Waals surface area contributed by atoms with Crippen LogP contribution in [0.3, 0.4) is 0 Å². The Morgan fingerprint density at radius 1 is 1.00 bits per heavy atom. The number of aromatic nitrogens is 3. The van der Waals surface area contributed by atoms with Crippen LogP contribution >= 0.6 is 7.14 Å². The number of pyridine rings is 1. The van der Waals surface area contributed by atoms with Gasteiger partial charge in [0.2, 0.25) is 0 Å². The summed E-state index contributed by atoms with van der Waals surface area (Å²) in [4.78, 5) is 8.60. The first-order valence-electron chi connectivity index (χ1n) is 7.69. The molecule has 24 heavy (non-hydrogen) atoms. The van der Waals surface area contributed by atoms with Gasteiger partial charge >= 0.3 is 0 Å². The van der Waals surface area contributed by atoms with E-state index in [0.717, 1.165) is 16.4 Å². The largest absolute Gasteiger partial charge is 0.334 e. The Kier molecular flexibility index (Phi) is 4.14. The maximum atomic E-state index is 12.1. The second-order valence-electron chi connectivity index (χ2n) is 6.68. The van der Waals surface area contributed by atoms with Crippen LogP contribution in [0.1, 0.15) is 25.2 Å². The third-order valence-electron chi connectivity index (χ3n) is 4.12. The van der Waals surface area contributed by atoms with Crippen LogP contribution in [0, 0.1) is 0 Å². The average Bonchev–Trinajstić information content (AvgIpc) is 3.06. The zero-order chi connectivity index (χ0) is 17.4. The zero-order valence-corrected chi connectivity index (χ0v) is 15.1. The van der Waals surface area contributed by atoms with E-state index < -0.39 is 7.14 Å². The summed E-state index contributed by atoms with van der Waals surface area (Å²) in [6, 6.07) is 11.3. The highest BCUT2D eigenvalue weighted by Crippen LogP contribution is 2.35. The molecule has 0 spiro atoms. The van der Waals surface area contributed by atoms with Crippen molar-refractivity contribution < 1.29 is 9.09 Å². The summed E-state index contributed by atoms with van der Waals surface area (Å²) in [6.07, 6.45) is 3.51. The fourth-order valence-corrected chi connectivity index (χ4v) is 3.32. The van der Waals surface area contributed by atoms with Crippen LogP contribution in [0.25, 0.3) is 11.5 Å². The smallest absolute Gasteiger partial charge is 0.257 e. The Morgan fingerprint density at radius 3 is 2.21 bits per heavy atom. The molecule has 1 aromatic carbocycles. The molecule has 0 unspecified atom stereocenters. The molecule has 0 N–H and O–H groups in total.